The van der Waals surface area contributed by atoms with Crippen molar-refractivity contribution in [2.45, 2.75) is 20.8 Å². The van der Waals surface area contributed by atoms with Crippen molar-refractivity contribution in [3.8, 4) is 0 Å². The van der Waals surface area contributed by atoms with E-state index in [4.69, 9.17) is 0 Å². The predicted octanol–water partition coefficient (Wildman–Crippen LogP) is 5.74. The van der Waals surface area contributed by atoms with Crippen LogP contribution in [0.5, 0.6) is 0 Å². The Morgan fingerprint density at radius 2 is 2.00 bits per heavy atom. The first-order valence-electron chi connectivity index (χ1n) is 5.97. The second-order valence-corrected chi connectivity index (χ2v) is 5.38. The molecule has 0 N–H and O–H groups in total. The molecule has 0 aliphatic heterocycles. The minimum absolute atomic E-state index is 1.04. The van der Waals surface area contributed by atoms with Crippen molar-refractivity contribution in [2.75, 3.05) is 0 Å². The average molecular weight is 256 g/mol. The lowest BCUT2D eigenvalue weighted by Crippen LogP contribution is -1.83. The van der Waals surface area contributed by atoms with Crippen LogP contribution in [0.3, 0.4) is 0 Å². The van der Waals surface area contributed by atoms with Crippen LogP contribution in [0.25, 0.3) is 4.91 Å². The maximum absolute atomic E-state index is 4.13. The first-order chi connectivity index (χ1) is 8.54. The van der Waals surface area contributed by atoms with Crippen LogP contribution in [0.1, 0.15) is 25.0 Å². The molecule has 0 radical (unpaired) electrons. The van der Waals surface area contributed by atoms with Crippen LogP contribution in [0, 0.1) is 6.92 Å². The standard InChI is InChI=1S/C17H20S/c1-6-7-10-14(3)15(4)18-16(5)17-11-8-9-13(2)12-17/h6-12H,4-5H2,1-3H3/b7-6-,14-10-. The van der Waals surface area contributed by atoms with Crippen LogP contribution >= 0.6 is 11.8 Å². The van der Waals surface area contributed by atoms with E-state index < -0.39 is 0 Å². The second-order valence-electron chi connectivity index (χ2n) is 4.19. The first-order valence-corrected chi connectivity index (χ1v) is 6.79. The zero-order chi connectivity index (χ0) is 13.5. The molecule has 1 aromatic rings. The molecule has 0 aliphatic carbocycles. The molecule has 0 saturated carbocycles. The van der Waals surface area contributed by atoms with E-state index in [0.29, 0.717) is 0 Å². The summed E-state index contributed by atoms with van der Waals surface area (Å²) in [6, 6.07) is 8.38. The summed E-state index contributed by atoms with van der Waals surface area (Å²) in [6.07, 6.45) is 6.10. The molecule has 0 aliphatic rings. The Hall–Kier alpha value is -1.47. The molecule has 0 unspecified atom stereocenters. The average Bonchev–Trinajstić information content (AvgIpc) is 2.35. The van der Waals surface area contributed by atoms with Gasteiger partial charge in [-0.3, -0.25) is 0 Å². The molecule has 1 aromatic carbocycles. The number of benzene rings is 1. The number of hydrogen-bond acceptors (Lipinski definition) is 1. The smallest absolute Gasteiger partial charge is 0.0122 e. The fourth-order valence-electron chi connectivity index (χ4n) is 1.44. The van der Waals surface area contributed by atoms with Gasteiger partial charge in [0.05, 0.1) is 0 Å². The third kappa shape index (κ3) is 4.42. The minimum atomic E-state index is 1.04. The fourth-order valence-corrected chi connectivity index (χ4v) is 2.21. The Morgan fingerprint density at radius 3 is 2.61 bits per heavy atom. The van der Waals surface area contributed by atoms with Gasteiger partial charge in [0.15, 0.2) is 0 Å². The van der Waals surface area contributed by atoms with Crippen LogP contribution in [-0.4, -0.2) is 0 Å². The number of rotatable bonds is 5. The predicted molar refractivity (Wildman–Crippen MR) is 85.5 cm³/mol. The zero-order valence-corrected chi connectivity index (χ0v) is 12.2. The molecule has 1 heteroatoms. The quantitative estimate of drug-likeness (QED) is 0.606. The molecule has 1 rings (SSSR count). The van der Waals surface area contributed by atoms with Crippen LogP contribution in [0.2, 0.25) is 0 Å². The highest BCUT2D eigenvalue weighted by atomic mass is 32.2. The van der Waals surface area contributed by atoms with Gasteiger partial charge in [-0.15, -0.1) is 0 Å². The van der Waals surface area contributed by atoms with E-state index in [9.17, 15) is 0 Å². The van der Waals surface area contributed by atoms with Crippen molar-refractivity contribution in [3.63, 3.8) is 0 Å². The highest BCUT2D eigenvalue weighted by Crippen LogP contribution is 2.34. The topological polar surface area (TPSA) is 0 Å². The van der Waals surface area contributed by atoms with E-state index >= 15 is 0 Å². The van der Waals surface area contributed by atoms with E-state index in [2.05, 4.69) is 57.3 Å². The summed E-state index contributed by atoms with van der Waals surface area (Å²) in [4.78, 5) is 2.08. The largest absolute Gasteiger partial charge is 0.0904 e. The molecular formula is C17H20S. The Morgan fingerprint density at radius 1 is 1.28 bits per heavy atom. The Bertz CT molecular complexity index is 504. The van der Waals surface area contributed by atoms with Gasteiger partial charge in [-0.1, -0.05) is 73.0 Å². The van der Waals surface area contributed by atoms with Gasteiger partial charge in [0.2, 0.25) is 0 Å². The molecule has 18 heavy (non-hydrogen) atoms. The third-order valence-electron chi connectivity index (χ3n) is 2.56. The molecule has 0 saturated heterocycles. The lowest BCUT2D eigenvalue weighted by molar-refractivity contribution is 1.46. The van der Waals surface area contributed by atoms with E-state index in [1.54, 1.807) is 11.8 Å². The molecule has 0 atom stereocenters. The highest BCUT2D eigenvalue weighted by molar-refractivity contribution is 8.11. The number of allylic oxidation sites excluding steroid dienone is 4. The molecule has 0 fully saturated rings. The van der Waals surface area contributed by atoms with E-state index in [-0.39, 0.29) is 0 Å². The number of thioether (sulfide) groups is 1. The summed E-state index contributed by atoms with van der Waals surface area (Å²) in [5.41, 5.74) is 3.59. The van der Waals surface area contributed by atoms with Gasteiger partial charge in [-0.2, -0.15) is 0 Å². The van der Waals surface area contributed by atoms with Crippen LogP contribution in [-0.2, 0) is 0 Å². The zero-order valence-electron chi connectivity index (χ0n) is 11.4. The van der Waals surface area contributed by atoms with Gasteiger partial charge < -0.3 is 0 Å². The van der Waals surface area contributed by atoms with E-state index in [1.165, 1.54) is 16.7 Å². The van der Waals surface area contributed by atoms with Gasteiger partial charge >= 0.3 is 0 Å². The maximum Gasteiger partial charge on any atom is 0.0122 e. The molecule has 0 amide bonds. The second kappa shape index (κ2) is 7.07. The lowest BCUT2D eigenvalue weighted by atomic mass is 10.1. The minimum Gasteiger partial charge on any atom is -0.0904 e. The van der Waals surface area contributed by atoms with E-state index in [0.717, 1.165) is 9.81 Å². The SMILES string of the molecule is C=C(SC(=C)c1cccc(C)c1)/C(C)=C\C=C/C. The molecule has 0 heterocycles. The summed E-state index contributed by atoms with van der Waals surface area (Å²) in [6.45, 7) is 14.4. The molecule has 0 spiro atoms. The van der Waals surface area contributed by atoms with E-state index in [1.807, 2.05) is 19.1 Å². The molecule has 0 nitrogen and oxygen atoms in total. The molecular weight excluding hydrogens is 236 g/mol. The lowest BCUT2D eigenvalue weighted by Gasteiger charge is -2.09. The summed E-state index contributed by atoms with van der Waals surface area (Å²) in [7, 11) is 0. The molecule has 0 bridgehead atoms. The van der Waals surface area contributed by atoms with Crippen LogP contribution < -0.4 is 0 Å². The number of hydrogen-bond donors (Lipinski definition) is 0. The van der Waals surface area contributed by atoms with Gasteiger partial charge in [0.1, 0.15) is 0 Å². The van der Waals surface area contributed by atoms with Crippen molar-refractivity contribution in [2.24, 2.45) is 0 Å². The Labute approximate surface area is 115 Å². The normalized spacial score (nSPS) is 11.8. The summed E-state index contributed by atoms with van der Waals surface area (Å²) >= 11 is 1.63. The maximum atomic E-state index is 4.13. The van der Waals surface area contributed by atoms with Crippen LogP contribution in [0.15, 0.2) is 66.1 Å². The van der Waals surface area contributed by atoms with Gasteiger partial charge in [-0.25, -0.2) is 0 Å². The summed E-state index contributed by atoms with van der Waals surface area (Å²) in [5, 5.41) is 0. The van der Waals surface area contributed by atoms with Crippen molar-refractivity contribution >= 4 is 16.7 Å². The highest BCUT2D eigenvalue weighted by Gasteiger charge is 2.04. The Kier molecular flexibility index (Phi) is 5.73. The van der Waals surface area contributed by atoms with Crippen molar-refractivity contribution in [1.82, 2.24) is 0 Å². The van der Waals surface area contributed by atoms with Gasteiger partial charge in [0, 0.05) is 9.81 Å². The Balaban J connectivity index is 2.74. The molecule has 94 valence electrons. The summed E-state index contributed by atoms with van der Waals surface area (Å²) < 4.78 is 0. The van der Waals surface area contributed by atoms with Gasteiger partial charge in [0.25, 0.3) is 0 Å². The summed E-state index contributed by atoms with van der Waals surface area (Å²) in [5.74, 6) is 0. The van der Waals surface area contributed by atoms with Crippen molar-refractivity contribution < 1.29 is 0 Å². The van der Waals surface area contributed by atoms with Crippen molar-refractivity contribution in [1.29, 1.82) is 0 Å². The van der Waals surface area contributed by atoms with Gasteiger partial charge in [-0.05, 0) is 31.9 Å². The third-order valence-corrected chi connectivity index (χ3v) is 3.62. The fraction of sp³-hybridized carbons (Fsp3) is 0.176. The monoisotopic (exact) mass is 256 g/mol. The van der Waals surface area contributed by atoms with Crippen molar-refractivity contribution in [3.05, 3.63) is 77.3 Å². The number of aryl methyl sites for hydroxylation is 1. The van der Waals surface area contributed by atoms with Crippen LogP contribution in [0.4, 0.5) is 0 Å². The molecule has 0 aromatic heterocycles. The first kappa shape index (κ1) is 14.6.